The summed E-state index contributed by atoms with van der Waals surface area (Å²) in [5.41, 5.74) is 1.39. The molecule has 0 bridgehead atoms. The van der Waals surface area contributed by atoms with Crippen LogP contribution >= 0.6 is 23.2 Å². The van der Waals surface area contributed by atoms with Crippen LogP contribution < -0.4 is 15.5 Å². The molecule has 2 aromatic rings. The molecule has 0 fully saturated rings. The summed E-state index contributed by atoms with van der Waals surface area (Å²) in [5, 5.41) is 15.2. The molecule has 0 unspecified atom stereocenters. The first-order valence-electron chi connectivity index (χ1n) is 7.77. The fraction of sp³-hybridized carbons (Fsp3) is 0.118. The van der Waals surface area contributed by atoms with E-state index in [1.807, 2.05) is 10.7 Å². The molecule has 0 heterocycles. The van der Waals surface area contributed by atoms with Crippen molar-refractivity contribution in [2.45, 2.75) is 12.5 Å². The number of carbonyl (C=O) groups excluding carboxylic acids is 2. The van der Waals surface area contributed by atoms with Gasteiger partial charge in [-0.25, -0.2) is 5.43 Å². The SMILES string of the molecule is O=C(N/N=C/c1cc(Cl)cc(Cl)c1O)C(=O)Nc1ccccc1OC(F)(F)C(F)F. The second kappa shape index (κ2) is 9.63. The lowest BCUT2D eigenvalue weighted by Gasteiger charge is -2.19. The predicted molar refractivity (Wildman–Crippen MR) is 101 cm³/mol. The summed E-state index contributed by atoms with van der Waals surface area (Å²) in [7, 11) is 0. The van der Waals surface area contributed by atoms with Crippen LogP contribution in [0.4, 0.5) is 23.2 Å². The van der Waals surface area contributed by atoms with E-state index in [0.29, 0.717) is 0 Å². The number of halogens is 6. The van der Waals surface area contributed by atoms with Crippen LogP contribution in [0.25, 0.3) is 0 Å². The van der Waals surface area contributed by atoms with Gasteiger partial charge >= 0.3 is 24.3 Å². The number of benzene rings is 2. The maximum absolute atomic E-state index is 13.1. The number of ether oxygens (including phenoxy) is 1. The molecule has 0 spiro atoms. The van der Waals surface area contributed by atoms with Crippen molar-refractivity contribution < 1.29 is 37.0 Å². The monoisotopic (exact) mass is 467 g/mol. The van der Waals surface area contributed by atoms with Gasteiger partial charge in [0.15, 0.2) is 0 Å². The molecule has 0 atom stereocenters. The largest absolute Gasteiger partial charge is 0.506 e. The van der Waals surface area contributed by atoms with Crippen molar-refractivity contribution >= 4 is 46.9 Å². The van der Waals surface area contributed by atoms with E-state index in [1.54, 1.807) is 0 Å². The first kappa shape index (κ1) is 23.2. The van der Waals surface area contributed by atoms with E-state index in [9.17, 15) is 32.3 Å². The lowest BCUT2D eigenvalue weighted by atomic mass is 10.2. The third-order valence-electron chi connectivity index (χ3n) is 3.27. The van der Waals surface area contributed by atoms with E-state index >= 15 is 0 Å². The van der Waals surface area contributed by atoms with E-state index in [1.165, 1.54) is 24.3 Å². The van der Waals surface area contributed by atoms with Crippen molar-refractivity contribution in [3.05, 3.63) is 52.0 Å². The number of rotatable bonds is 6. The van der Waals surface area contributed by atoms with Crippen molar-refractivity contribution in [2.24, 2.45) is 5.10 Å². The third-order valence-corrected chi connectivity index (χ3v) is 3.78. The number of nitrogens with one attached hydrogen (secondary N) is 2. The van der Waals surface area contributed by atoms with E-state index in [2.05, 4.69) is 9.84 Å². The Hall–Kier alpha value is -3.05. The van der Waals surface area contributed by atoms with E-state index in [4.69, 9.17) is 23.2 Å². The van der Waals surface area contributed by atoms with Crippen LogP contribution in [-0.2, 0) is 9.59 Å². The van der Waals surface area contributed by atoms with Gasteiger partial charge in [-0.05, 0) is 24.3 Å². The van der Waals surface area contributed by atoms with Gasteiger partial charge in [0.05, 0.1) is 16.9 Å². The molecule has 0 saturated heterocycles. The second-order valence-electron chi connectivity index (χ2n) is 5.44. The Labute approximate surface area is 176 Å². The van der Waals surface area contributed by atoms with Gasteiger partial charge in [-0.1, -0.05) is 35.3 Å². The number of amides is 2. The number of para-hydroxylation sites is 2. The number of phenols is 1. The average Bonchev–Trinajstić information content (AvgIpc) is 2.66. The molecule has 3 N–H and O–H groups in total. The quantitative estimate of drug-likeness (QED) is 0.258. The zero-order chi connectivity index (χ0) is 22.5. The van der Waals surface area contributed by atoms with Gasteiger partial charge in [-0.15, -0.1) is 0 Å². The number of hydrogen-bond donors (Lipinski definition) is 3. The van der Waals surface area contributed by atoms with Crippen LogP contribution in [0.3, 0.4) is 0 Å². The number of hydrazone groups is 1. The molecule has 0 aliphatic heterocycles. The van der Waals surface area contributed by atoms with Crippen LogP contribution in [0, 0.1) is 0 Å². The minimum Gasteiger partial charge on any atom is -0.506 e. The number of phenolic OH excluding ortho intramolecular Hbond substituents is 1. The standard InChI is InChI=1S/C17H11Cl2F4N3O4/c18-9-5-8(13(27)10(19)6-9)7-24-26-15(29)14(28)25-11-3-1-2-4-12(11)30-17(22,23)16(20)21/h1-7,16,27H,(H,25,28)(H,26,29)/b24-7+. The Balaban J connectivity index is 2.06. The molecule has 0 saturated carbocycles. The summed E-state index contributed by atoms with van der Waals surface area (Å²) in [5.74, 6) is -3.87. The topological polar surface area (TPSA) is 100 Å². The fourth-order valence-electron chi connectivity index (χ4n) is 1.92. The van der Waals surface area contributed by atoms with Crippen molar-refractivity contribution in [3.8, 4) is 11.5 Å². The number of nitrogens with zero attached hydrogens (tertiary/aromatic N) is 1. The first-order chi connectivity index (χ1) is 14.0. The fourth-order valence-corrected chi connectivity index (χ4v) is 2.43. The Morgan fingerprint density at radius 2 is 1.83 bits per heavy atom. The van der Waals surface area contributed by atoms with Gasteiger partial charge in [-0.2, -0.15) is 22.7 Å². The Morgan fingerprint density at radius 1 is 1.17 bits per heavy atom. The van der Waals surface area contributed by atoms with Crippen LogP contribution in [0.1, 0.15) is 5.56 Å². The maximum Gasteiger partial charge on any atom is 0.461 e. The van der Waals surface area contributed by atoms with Crippen molar-refractivity contribution in [2.75, 3.05) is 5.32 Å². The number of anilines is 1. The molecule has 2 aromatic carbocycles. The molecule has 0 aliphatic rings. The third kappa shape index (κ3) is 5.97. The molecule has 30 heavy (non-hydrogen) atoms. The van der Waals surface area contributed by atoms with Gasteiger partial charge in [0.1, 0.15) is 11.5 Å². The molecule has 160 valence electrons. The molecule has 13 heteroatoms. The van der Waals surface area contributed by atoms with Crippen molar-refractivity contribution in [1.82, 2.24) is 5.43 Å². The highest BCUT2D eigenvalue weighted by molar-refractivity contribution is 6.39. The number of carbonyl (C=O) groups is 2. The molecule has 2 amide bonds. The van der Waals surface area contributed by atoms with Crippen LogP contribution in [0.2, 0.25) is 10.0 Å². The Kier molecular flexibility index (Phi) is 7.46. The maximum atomic E-state index is 13.1. The predicted octanol–water partition coefficient (Wildman–Crippen LogP) is 4.02. The minimum atomic E-state index is -4.81. The van der Waals surface area contributed by atoms with E-state index in [0.717, 1.165) is 18.3 Å². The normalized spacial score (nSPS) is 11.6. The molecule has 7 nitrogen and oxygen atoms in total. The van der Waals surface area contributed by atoms with Gasteiger partial charge in [-0.3, -0.25) is 9.59 Å². The second-order valence-corrected chi connectivity index (χ2v) is 6.28. The number of hydrogen-bond acceptors (Lipinski definition) is 5. The summed E-state index contributed by atoms with van der Waals surface area (Å²) < 4.78 is 54.7. The summed E-state index contributed by atoms with van der Waals surface area (Å²) in [6.45, 7) is 0. The van der Waals surface area contributed by atoms with Crippen LogP contribution in [-0.4, -0.2) is 35.7 Å². The molecule has 0 aromatic heterocycles. The lowest BCUT2D eigenvalue weighted by Crippen LogP contribution is -2.35. The van der Waals surface area contributed by atoms with Gasteiger partial charge in [0.25, 0.3) is 0 Å². The molecular formula is C17H11Cl2F4N3O4. The summed E-state index contributed by atoms with van der Waals surface area (Å²) >= 11 is 11.5. The minimum absolute atomic E-state index is 0.0289. The van der Waals surface area contributed by atoms with E-state index < -0.39 is 35.8 Å². The highest BCUT2D eigenvalue weighted by atomic mass is 35.5. The highest BCUT2D eigenvalue weighted by Gasteiger charge is 2.44. The zero-order valence-electron chi connectivity index (χ0n) is 14.5. The van der Waals surface area contributed by atoms with Crippen LogP contribution in [0.15, 0.2) is 41.5 Å². The summed E-state index contributed by atoms with van der Waals surface area (Å²) in [6, 6.07) is 6.96. The first-order valence-corrected chi connectivity index (χ1v) is 8.53. The average molecular weight is 468 g/mol. The molecule has 0 aliphatic carbocycles. The van der Waals surface area contributed by atoms with Gasteiger partial charge < -0.3 is 15.2 Å². The van der Waals surface area contributed by atoms with Gasteiger partial charge in [0.2, 0.25) is 0 Å². The van der Waals surface area contributed by atoms with Gasteiger partial charge in [0, 0.05) is 10.6 Å². The number of aromatic hydroxyl groups is 1. The Morgan fingerprint density at radius 3 is 2.50 bits per heavy atom. The summed E-state index contributed by atoms with van der Waals surface area (Å²) in [4.78, 5) is 23.7. The smallest absolute Gasteiger partial charge is 0.461 e. The van der Waals surface area contributed by atoms with Crippen LogP contribution in [0.5, 0.6) is 11.5 Å². The van der Waals surface area contributed by atoms with Crippen molar-refractivity contribution in [3.63, 3.8) is 0 Å². The summed E-state index contributed by atoms with van der Waals surface area (Å²) in [6.07, 6.45) is -7.98. The molecule has 0 radical (unpaired) electrons. The number of alkyl halides is 4. The molecule has 2 rings (SSSR count). The van der Waals surface area contributed by atoms with Crippen molar-refractivity contribution in [1.29, 1.82) is 0 Å². The molecular weight excluding hydrogens is 457 g/mol. The zero-order valence-corrected chi connectivity index (χ0v) is 16.0. The van der Waals surface area contributed by atoms with E-state index in [-0.39, 0.29) is 21.4 Å². The highest BCUT2D eigenvalue weighted by Crippen LogP contribution is 2.32. The lowest BCUT2D eigenvalue weighted by molar-refractivity contribution is -0.252. The Bertz CT molecular complexity index is 989.